The monoisotopic (exact) mass is 199 g/mol. The minimum atomic E-state index is 0.832. The Morgan fingerprint density at radius 2 is 2.00 bits per heavy atom. The van der Waals surface area contributed by atoms with Crippen molar-refractivity contribution < 1.29 is 0 Å². The summed E-state index contributed by atoms with van der Waals surface area (Å²) in [7, 11) is 3.08. The van der Waals surface area contributed by atoms with Crippen LogP contribution in [0.25, 0.3) is 0 Å². The molecule has 0 bridgehead atoms. The summed E-state index contributed by atoms with van der Waals surface area (Å²) < 4.78 is 0. The van der Waals surface area contributed by atoms with Gasteiger partial charge in [0.2, 0.25) is 0 Å². The fourth-order valence-corrected chi connectivity index (χ4v) is 4.13. The third-order valence-electron chi connectivity index (χ3n) is 4.31. The lowest BCUT2D eigenvalue weighted by atomic mass is 9.73. The molecule has 0 saturated heterocycles. The van der Waals surface area contributed by atoms with Gasteiger partial charge < -0.3 is 5.73 Å². The molecule has 1 nitrogen and oxygen atoms in total. The SMILES string of the molecule is CC1CC(C(P)C2C(C)C2CN)C1. The maximum atomic E-state index is 5.73. The van der Waals surface area contributed by atoms with Crippen LogP contribution in [0.1, 0.15) is 26.7 Å². The van der Waals surface area contributed by atoms with E-state index in [9.17, 15) is 0 Å². The van der Waals surface area contributed by atoms with Crippen molar-refractivity contribution in [3.05, 3.63) is 0 Å². The zero-order valence-corrected chi connectivity index (χ0v) is 9.89. The van der Waals surface area contributed by atoms with Crippen LogP contribution in [0.3, 0.4) is 0 Å². The predicted molar refractivity (Wildman–Crippen MR) is 60.6 cm³/mol. The molecule has 0 aliphatic heterocycles. The average Bonchev–Trinajstić information content (AvgIpc) is 2.69. The van der Waals surface area contributed by atoms with Crippen molar-refractivity contribution in [2.75, 3.05) is 6.54 Å². The molecule has 5 atom stereocenters. The summed E-state index contributed by atoms with van der Waals surface area (Å²) >= 11 is 0. The van der Waals surface area contributed by atoms with Crippen LogP contribution in [-0.4, -0.2) is 12.2 Å². The summed E-state index contributed by atoms with van der Waals surface area (Å²) in [6, 6.07) is 0. The number of nitrogens with two attached hydrogens (primary N) is 1. The van der Waals surface area contributed by atoms with E-state index in [1.807, 2.05) is 0 Å². The van der Waals surface area contributed by atoms with Crippen LogP contribution in [-0.2, 0) is 0 Å². The van der Waals surface area contributed by atoms with Gasteiger partial charge in [0.05, 0.1) is 0 Å². The molecule has 2 rings (SSSR count). The quantitative estimate of drug-likeness (QED) is 0.692. The zero-order chi connectivity index (χ0) is 9.59. The van der Waals surface area contributed by atoms with Crippen LogP contribution < -0.4 is 5.73 Å². The third-order valence-corrected chi connectivity index (χ3v) is 5.30. The summed E-state index contributed by atoms with van der Waals surface area (Å²) in [6.07, 6.45) is 2.91. The molecule has 0 spiro atoms. The Kier molecular flexibility index (Phi) is 2.68. The molecule has 0 aromatic heterocycles. The molecule has 0 heterocycles. The Labute approximate surface area is 84.0 Å². The van der Waals surface area contributed by atoms with Gasteiger partial charge in [0, 0.05) is 0 Å². The normalized spacial score (nSPS) is 51.2. The summed E-state index contributed by atoms with van der Waals surface area (Å²) in [6.45, 7) is 5.63. The van der Waals surface area contributed by atoms with Crippen LogP contribution in [0.5, 0.6) is 0 Å². The van der Waals surface area contributed by atoms with E-state index in [1.54, 1.807) is 0 Å². The summed E-state index contributed by atoms with van der Waals surface area (Å²) in [5.41, 5.74) is 6.59. The lowest BCUT2D eigenvalue weighted by Crippen LogP contribution is -2.30. The molecule has 13 heavy (non-hydrogen) atoms. The largest absolute Gasteiger partial charge is 0.330 e. The molecule has 2 aliphatic carbocycles. The Hall–Kier alpha value is 0.390. The highest BCUT2D eigenvalue weighted by molar-refractivity contribution is 7.17. The van der Waals surface area contributed by atoms with E-state index in [2.05, 4.69) is 23.1 Å². The minimum Gasteiger partial charge on any atom is -0.330 e. The van der Waals surface area contributed by atoms with Crippen molar-refractivity contribution in [2.45, 2.75) is 32.3 Å². The van der Waals surface area contributed by atoms with Crippen molar-refractivity contribution in [2.24, 2.45) is 35.3 Å². The molecule has 2 N–H and O–H groups in total. The van der Waals surface area contributed by atoms with Crippen molar-refractivity contribution in [1.82, 2.24) is 0 Å². The van der Waals surface area contributed by atoms with Crippen LogP contribution in [0, 0.1) is 29.6 Å². The van der Waals surface area contributed by atoms with Gasteiger partial charge in [-0.05, 0) is 54.6 Å². The summed E-state index contributed by atoms with van der Waals surface area (Å²) in [5.74, 6) is 4.62. The lowest BCUT2D eigenvalue weighted by Gasteiger charge is -2.37. The van der Waals surface area contributed by atoms with Gasteiger partial charge in [-0.1, -0.05) is 13.8 Å². The summed E-state index contributed by atoms with van der Waals surface area (Å²) in [4.78, 5) is 0. The maximum absolute atomic E-state index is 5.73. The molecule has 2 fully saturated rings. The van der Waals surface area contributed by atoms with E-state index in [0.29, 0.717) is 0 Å². The first kappa shape index (κ1) is 9.93. The fourth-order valence-electron chi connectivity index (χ4n) is 3.18. The lowest BCUT2D eigenvalue weighted by molar-refractivity contribution is 0.194. The number of rotatable bonds is 3. The second kappa shape index (κ2) is 3.51. The standard InChI is InChI=1S/C11H22NP/c1-6-3-8(4-6)11(13)10-7(2)9(10)5-12/h6-11H,3-5,12-13H2,1-2H3. The second-order valence-electron chi connectivity index (χ2n) is 5.25. The molecular weight excluding hydrogens is 177 g/mol. The van der Waals surface area contributed by atoms with Crippen LogP contribution >= 0.6 is 9.24 Å². The van der Waals surface area contributed by atoms with Gasteiger partial charge in [0.25, 0.3) is 0 Å². The predicted octanol–water partition coefficient (Wildman–Crippen LogP) is 2.12. The van der Waals surface area contributed by atoms with Gasteiger partial charge in [-0.15, -0.1) is 9.24 Å². The average molecular weight is 199 g/mol. The highest BCUT2D eigenvalue weighted by Gasteiger charge is 2.51. The smallest absolute Gasteiger partial charge is 0.00432 e. The molecular formula is C11H22NP. The molecule has 76 valence electrons. The molecule has 0 amide bonds. The van der Waals surface area contributed by atoms with Crippen molar-refractivity contribution in [3.63, 3.8) is 0 Å². The van der Waals surface area contributed by atoms with E-state index in [0.717, 1.165) is 41.8 Å². The van der Waals surface area contributed by atoms with Gasteiger partial charge in [-0.2, -0.15) is 0 Å². The van der Waals surface area contributed by atoms with Gasteiger partial charge in [-0.3, -0.25) is 0 Å². The van der Waals surface area contributed by atoms with E-state index in [1.165, 1.54) is 12.8 Å². The molecule has 5 unspecified atom stereocenters. The Balaban J connectivity index is 1.82. The van der Waals surface area contributed by atoms with Gasteiger partial charge >= 0.3 is 0 Å². The first-order valence-corrected chi connectivity index (χ1v) is 6.27. The zero-order valence-electron chi connectivity index (χ0n) is 8.74. The van der Waals surface area contributed by atoms with E-state index in [4.69, 9.17) is 5.73 Å². The molecule has 0 radical (unpaired) electrons. The fraction of sp³-hybridized carbons (Fsp3) is 1.00. The number of hydrogen-bond acceptors (Lipinski definition) is 1. The van der Waals surface area contributed by atoms with Crippen LogP contribution in [0.15, 0.2) is 0 Å². The molecule has 2 heteroatoms. The minimum absolute atomic E-state index is 0.832. The topological polar surface area (TPSA) is 26.0 Å². The highest BCUT2D eigenvalue weighted by atomic mass is 31.0. The van der Waals surface area contributed by atoms with E-state index in [-0.39, 0.29) is 0 Å². The maximum Gasteiger partial charge on any atom is -0.00432 e. The Bertz CT molecular complexity index is 189. The first-order chi connectivity index (χ1) is 6.15. The second-order valence-corrected chi connectivity index (χ2v) is 6.02. The molecule has 0 aromatic carbocycles. The molecule has 0 aromatic rings. The van der Waals surface area contributed by atoms with Gasteiger partial charge in [-0.25, -0.2) is 0 Å². The third kappa shape index (κ3) is 1.66. The van der Waals surface area contributed by atoms with Crippen molar-refractivity contribution in [1.29, 1.82) is 0 Å². The highest BCUT2D eigenvalue weighted by Crippen LogP contribution is 2.55. The number of hydrogen-bond donors (Lipinski definition) is 1. The molecule has 2 saturated carbocycles. The summed E-state index contributed by atoms with van der Waals surface area (Å²) in [5, 5.41) is 0. The van der Waals surface area contributed by atoms with Gasteiger partial charge in [0.15, 0.2) is 0 Å². The van der Waals surface area contributed by atoms with Crippen LogP contribution in [0.4, 0.5) is 0 Å². The Morgan fingerprint density at radius 1 is 1.38 bits per heavy atom. The van der Waals surface area contributed by atoms with Crippen molar-refractivity contribution in [3.8, 4) is 0 Å². The Morgan fingerprint density at radius 3 is 2.38 bits per heavy atom. The van der Waals surface area contributed by atoms with Crippen molar-refractivity contribution >= 4 is 9.24 Å². The molecule has 2 aliphatic rings. The van der Waals surface area contributed by atoms with E-state index < -0.39 is 0 Å². The first-order valence-electron chi connectivity index (χ1n) is 5.60. The van der Waals surface area contributed by atoms with E-state index >= 15 is 0 Å². The van der Waals surface area contributed by atoms with Crippen LogP contribution in [0.2, 0.25) is 0 Å². The van der Waals surface area contributed by atoms with Gasteiger partial charge in [0.1, 0.15) is 0 Å².